The first-order chi connectivity index (χ1) is 18.0. The van der Waals surface area contributed by atoms with Crippen LogP contribution in [0.1, 0.15) is 36.8 Å². The van der Waals surface area contributed by atoms with Crippen LogP contribution in [0.3, 0.4) is 0 Å². The van der Waals surface area contributed by atoms with Crippen molar-refractivity contribution in [3.05, 3.63) is 69.6 Å². The van der Waals surface area contributed by atoms with Crippen molar-refractivity contribution in [1.29, 1.82) is 0 Å². The summed E-state index contributed by atoms with van der Waals surface area (Å²) in [6.45, 7) is 2.85. The van der Waals surface area contributed by atoms with Gasteiger partial charge in [-0.2, -0.15) is 0 Å². The number of hydrogen-bond acceptors (Lipinski definition) is 7. The zero-order chi connectivity index (χ0) is 25.4. The third-order valence-electron chi connectivity index (χ3n) is 7.02. The summed E-state index contributed by atoms with van der Waals surface area (Å²) in [4.78, 5) is 34.3. The van der Waals surface area contributed by atoms with Crippen molar-refractivity contribution >= 4 is 34.2 Å². The van der Waals surface area contributed by atoms with Crippen LogP contribution in [0.4, 0.5) is 0 Å². The maximum atomic E-state index is 13.0. The van der Waals surface area contributed by atoms with Gasteiger partial charge < -0.3 is 14.6 Å². The fraction of sp³-hybridized carbons (Fsp3) is 0.346. The summed E-state index contributed by atoms with van der Waals surface area (Å²) in [5, 5.41) is 12.2. The Morgan fingerprint density at radius 3 is 2.81 bits per heavy atom. The van der Waals surface area contributed by atoms with E-state index in [1.807, 2.05) is 24.3 Å². The Labute approximate surface area is 217 Å². The molecule has 0 radical (unpaired) electrons. The number of aromatic amines is 1. The second-order valence-corrected chi connectivity index (χ2v) is 9.81. The lowest BCUT2D eigenvalue weighted by Gasteiger charge is -2.32. The minimum atomic E-state index is -0.169. The Balaban J connectivity index is 1.11. The number of carbonyl (C=O) groups is 1. The fourth-order valence-corrected chi connectivity index (χ4v) is 5.40. The molecule has 5 heterocycles. The number of aromatic nitrogens is 5. The van der Waals surface area contributed by atoms with Gasteiger partial charge >= 0.3 is 5.69 Å². The first kappa shape index (κ1) is 23.6. The second-order valence-electron chi connectivity index (χ2n) is 9.37. The van der Waals surface area contributed by atoms with Crippen LogP contribution in [-0.4, -0.2) is 61.7 Å². The molecule has 1 aromatic carbocycles. The third kappa shape index (κ3) is 4.82. The molecule has 37 heavy (non-hydrogen) atoms. The van der Waals surface area contributed by atoms with E-state index in [0.717, 1.165) is 36.2 Å². The molecule has 0 spiro atoms. The molecule has 3 aromatic heterocycles. The van der Waals surface area contributed by atoms with Gasteiger partial charge in [0.05, 0.1) is 5.52 Å². The summed E-state index contributed by atoms with van der Waals surface area (Å²) in [5.74, 6) is 0.531. The molecular weight excluding hydrogens is 494 g/mol. The highest BCUT2D eigenvalue weighted by atomic mass is 35.5. The summed E-state index contributed by atoms with van der Waals surface area (Å²) >= 11 is 6.38. The number of carbonyl (C=O) groups excluding carboxylic acids is 1. The van der Waals surface area contributed by atoms with Gasteiger partial charge in [-0.3, -0.25) is 14.3 Å². The van der Waals surface area contributed by atoms with Crippen LogP contribution in [0.5, 0.6) is 0 Å². The van der Waals surface area contributed by atoms with Crippen molar-refractivity contribution in [1.82, 2.24) is 34.9 Å². The van der Waals surface area contributed by atoms with Crippen molar-refractivity contribution in [3.63, 3.8) is 0 Å². The number of rotatable bonds is 5. The van der Waals surface area contributed by atoms with Gasteiger partial charge in [0.2, 0.25) is 17.7 Å². The average molecular weight is 520 g/mol. The van der Waals surface area contributed by atoms with E-state index < -0.39 is 0 Å². The first-order valence-corrected chi connectivity index (χ1v) is 12.8. The number of amides is 1. The molecule has 6 rings (SSSR count). The zero-order valence-corrected chi connectivity index (χ0v) is 20.9. The Hall–Kier alpha value is -3.76. The van der Waals surface area contributed by atoms with Crippen LogP contribution in [-0.2, 0) is 11.2 Å². The predicted octanol–water partition coefficient (Wildman–Crippen LogP) is 3.21. The first-order valence-electron chi connectivity index (χ1n) is 12.4. The van der Waals surface area contributed by atoms with Crippen LogP contribution in [0, 0.1) is 0 Å². The molecule has 1 amide bonds. The van der Waals surface area contributed by atoms with E-state index in [1.165, 1.54) is 5.57 Å². The van der Waals surface area contributed by atoms with Gasteiger partial charge in [-0.05, 0) is 67.3 Å². The topological polar surface area (TPSA) is 122 Å². The zero-order valence-electron chi connectivity index (χ0n) is 20.1. The third-order valence-corrected chi connectivity index (χ3v) is 7.24. The molecule has 0 bridgehead atoms. The van der Waals surface area contributed by atoms with Crippen LogP contribution < -0.4 is 11.0 Å². The molecule has 2 aliphatic rings. The van der Waals surface area contributed by atoms with Crippen LogP contribution in [0.2, 0.25) is 5.02 Å². The van der Waals surface area contributed by atoms with E-state index in [2.05, 4.69) is 31.6 Å². The van der Waals surface area contributed by atoms with E-state index in [-0.39, 0.29) is 30.0 Å². The lowest BCUT2D eigenvalue weighted by Crippen LogP contribution is -2.41. The Bertz CT molecular complexity index is 1550. The molecule has 11 heteroatoms. The van der Waals surface area contributed by atoms with Gasteiger partial charge in [0, 0.05) is 42.5 Å². The quantitative estimate of drug-likeness (QED) is 0.415. The molecule has 0 unspecified atom stereocenters. The molecule has 10 nitrogen and oxygen atoms in total. The Morgan fingerprint density at radius 1 is 1.16 bits per heavy atom. The fourth-order valence-electron chi connectivity index (χ4n) is 5.16. The van der Waals surface area contributed by atoms with Crippen molar-refractivity contribution in [2.24, 2.45) is 0 Å². The number of H-pyrrole nitrogens is 1. The smallest absolute Gasteiger partial charge is 0.327 e. The minimum Gasteiger partial charge on any atom is -0.420 e. The molecule has 4 aromatic rings. The van der Waals surface area contributed by atoms with Crippen LogP contribution >= 0.6 is 11.6 Å². The van der Waals surface area contributed by atoms with Gasteiger partial charge in [0.1, 0.15) is 6.42 Å². The highest BCUT2D eigenvalue weighted by Crippen LogP contribution is 2.30. The molecule has 0 atom stereocenters. The summed E-state index contributed by atoms with van der Waals surface area (Å²) in [5.41, 5.74) is 4.19. The molecule has 190 valence electrons. The number of piperidine rings is 1. The van der Waals surface area contributed by atoms with E-state index in [0.29, 0.717) is 42.5 Å². The molecular formula is C26H26ClN7O3. The lowest BCUT2D eigenvalue weighted by atomic mass is 9.98. The second kappa shape index (κ2) is 9.95. The number of fused-ring (bicyclic) bond motifs is 1. The highest BCUT2D eigenvalue weighted by molar-refractivity contribution is 6.31. The number of halogens is 1. The van der Waals surface area contributed by atoms with Crippen LogP contribution in [0.15, 0.2) is 51.8 Å². The predicted molar refractivity (Wildman–Crippen MR) is 139 cm³/mol. The van der Waals surface area contributed by atoms with E-state index in [4.69, 9.17) is 16.0 Å². The maximum absolute atomic E-state index is 13.0. The number of pyridine rings is 1. The Kier molecular flexibility index (Phi) is 6.35. The van der Waals surface area contributed by atoms with E-state index >= 15 is 0 Å². The van der Waals surface area contributed by atoms with Crippen LogP contribution in [0.25, 0.3) is 28.2 Å². The SMILES string of the molecule is O=C(Cc1nnc(-c2cc(Cl)cc(C3=CCNCC3)c2)o1)N1CCC(n2c(=O)[nH]c3ncccc32)CC1. The molecule has 1 saturated heterocycles. The monoisotopic (exact) mass is 519 g/mol. The van der Waals surface area contributed by atoms with E-state index in [1.54, 1.807) is 21.7 Å². The molecule has 0 saturated carbocycles. The van der Waals surface area contributed by atoms with Gasteiger partial charge in [-0.1, -0.05) is 17.7 Å². The molecule has 0 aliphatic carbocycles. The Morgan fingerprint density at radius 2 is 2.00 bits per heavy atom. The molecule has 2 N–H and O–H groups in total. The van der Waals surface area contributed by atoms with Gasteiger partial charge in [-0.15, -0.1) is 10.2 Å². The van der Waals surface area contributed by atoms with Crippen molar-refractivity contribution in [2.45, 2.75) is 31.7 Å². The highest BCUT2D eigenvalue weighted by Gasteiger charge is 2.27. The minimum absolute atomic E-state index is 0.0107. The van der Waals surface area contributed by atoms with Gasteiger partial charge in [0.25, 0.3) is 0 Å². The van der Waals surface area contributed by atoms with Crippen molar-refractivity contribution in [3.8, 4) is 11.5 Å². The lowest BCUT2D eigenvalue weighted by molar-refractivity contribution is -0.132. The average Bonchev–Trinajstić information content (AvgIpc) is 3.52. The summed E-state index contributed by atoms with van der Waals surface area (Å²) in [7, 11) is 0. The number of likely N-dealkylation sites (tertiary alicyclic amines) is 1. The summed E-state index contributed by atoms with van der Waals surface area (Å²) in [6.07, 6.45) is 6.12. The molecule has 2 aliphatic heterocycles. The van der Waals surface area contributed by atoms with E-state index in [9.17, 15) is 9.59 Å². The van der Waals surface area contributed by atoms with Crippen molar-refractivity contribution in [2.75, 3.05) is 26.2 Å². The summed E-state index contributed by atoms with van der Waals surface area (Å²) in [6, 6.07) is 9.44. The standard InChI is InChI=1S/C26H26ClN7O3/c27-19-13-17(16-3-8-28-9-4-16)12-18(14-19)25-32-31-22(37-25)15-23(35)33-10-5-20(6-11-33)34-21-2-1-7-29-24(21)30-26(34)36/h1-3,7,12-14,20,28H,4-6,8-11,15H2,(H,29,30,36). The number of imidazole rings is 1. The van der Waals surface area contributed by atoms with Crippen molar-refractivity contribution < 1.29 is 9.21 Å². The number of hydrogen-bond donors (Lipinski definition) is 2. The van der Waals surface area contributed by atoms with Gasteiger partial charge in [0.15, 0.2) is 5.65 Å². The number of nitrogens with zero attached hydrogens (tertiary/aromatic N) is 5. The summed E-state index contributed by atoms with van der Waals surface area (Å²) < 4.78 is 7.61. The largest absolute Gasteiger partial charge is 0.420 e. The van der Waals surface area contributed by atoms with Gasteiger partial charge in [-0.25, -0.2) is 9.78 Å². The number of nitrogens with one attached hydrogen (secondary N) is 2. The maximum Gasteiger partial charge on any atom is 0.327 e. The normalized spacial score (nSPS) is 16.8. The molecule has 1 fully saturated rings. The number of benzene rings is 1.